The molecular formula is C30H35N3O6S. The number of amides is 2. The molecule has 0 bridgehead atoms. The summed E-state index contributed by atoms with van der Waals surface area (Å²) >= 11 is 0. The highest BCUT2D eigenvalue weighted by Gasteiger charge is 2.33. The first-order valence-electron chi connectivity index (χ1n) is 13.3. The molecule has 0 aromatic heterocycles. The minimum atomic E-state index is -4.16. The van der Waals surface area contributed by atoms with Gasteiger partial charge in [0.05, 0.1) is 10.6 Å². The number of aryl methyl sites for hydroxylation is 1. The zero-order valence-electron chi connectivity index (χ0n) is 23.0. The summed E-state index contributed by atoms with van der Waals surface area (Å²) in [5, 5.41) is 2.85. The van der Waals surface area contributed by atoms with Gasteiger partial charge in [-0.25, -0.2) is 8.42 Å². The number of benzene rings is 3. The van der Waals surface area contributed by atoms with Crippen molar-refractivity contribution in [1.82, 2.24) is 10.2 Å². The predicted octanol–water partition coefficient (Wildman–Crippen LogP) is 3.91. The third-order valence-electron chi connectivity index (χ3n) is 6.74. The number of anilines is 1. The van der Waals surface area contributed by atoms with Crippen molar-refractivity contribution in [2.24, 2.45) is 0 Å². The van der Waals surface area contributed by atoms with E-state index in [9.17, 15) is 18.0 Å². The Morgan fingerprint density at radius 1 is 0.950 bits per heavy atom. The highest BCUT2D eigenvalue weighted by molar-refractivity contribution is 7.92. The summed E-state index contributed by atoms with van der Waals surface area (Å²) in [6, 6.07) is 19.5. The van der Waals surface area contributed by atoms with Crippen molar-refractivity contribution >= 4 is 27.5 Å². The van der Waals surface area contributed by atoms with Crippen molar-refractivity contribution in [2.75, 3.05) is 30.6 Å². The maximum absolute atomic E-state index is 14.0. The van der Waals surface area contributed by atoms with Crippen LogP contribution in [0.3, 0.4) is 0 Å². The van der Waals surface area contributed by atoms with Crippen molar-refractivity contribution in [3.8, 4) is 11.5 Å². The lowest BCUT2D eigenvalue weighted by Gasteiger charge is -2.32. The Morgan fingerprint density at radius 2 is 1.62 bits per heavy atom. The van der Waals surface area contributed by atoms with E-state index in [1.54, 1.807) is 43.3 Å². The number of rotatable bonds is 11. The molecule has 0 fully saturated rings. The Labute approximate surface area is 235 Å². The van der Waals surface area contributed by atoms with Gasteiger partial charge in [0.15, 0.2) is 11.5 Å². The average Bonchev–Trinajstić information content (AvgIpc) is 2.97. The number of fused-ring (bicyclic) bond motifs is 1. The van der Waals surface area contributed by atoms with Crippen LogP contribution in [0.25, 0.3) is 0 Å². The molecule has 3 aromatic rings. The molecule has 1 aliphatic rings. The van der Waals surface area contributed by atoms with Gasteiger partial charge in [0, 0.05) is 19.2 Å². The molecule has 0 spiro atoms. The SMILES string of the molecule is CCCNC(=O)[C@@H](C)N(Cc1ccccc1C)C(=O)CN(c1ccc2c(c1)OCCO2)S(=O)(=O)c1ccccc1. The van der Waals surface area contributed by atoms with Crippen LogP contribution in [0.2, 0.25) is 0 Å². The van der Waals surface area contributed by atoms with E-state index in [-0.39, 0.29) is 23.0 Å². The number of carbonyl (C=O) groups excluding carboxylic acids is 2. The molecule has 40 heavy (non-hydrogen) atoms. The Kier molecular flexibility index (Phi) is 9.31. The first-order chi connectivity index (χ1) is 19.2. The normalized spacial score (nSPS) is 13.3. The first-order valence-corrected chi connectivity index (χ1v) is 14.8. The minimum Gasteiger partial charge on any atom is -0.486 e. The van der Waals surface area contributed by atoms with Crippen LogP contribution < -0.4 is 19.1 Å². The molecule has 0 saturated carbocycles. The van der Waals surface area contributed by atoms with Crippen LogP contribution in [0, 0.1) is 6.92 Å². The van der Waals surface area contributed by atoms with Crippen LogP contribution in [-0.4, -0.2) is 57.5 Å². The third kappa shape index (κ3) is 6.56. The third-order valence-corrected chi connectivity index (χ3v) is 8.53. The Bertz CT molecular complexity index is 1440. The topological polar surface area (TPSA) is 105 Å². The average molecular weight is 566 g/mol. The van der Waals surface area contributed by atoms with Crippen LogP contribution in [0.4, 0.5) is 5.69 Å². The van der Waals surface area contributed by atoms with Crippen molar-refractivity contribution in [3.63, 3.8) is 0 Å². The molecule has 212 valence electrons. The largest absolute Gasteiger partial charge is 0.486 e. The lowest BCUT2D eigenvalue weighted by Crippen LogP contribution is -2.51. The van der Waals surface area contributed by atoms with E-state index in [1.165, 1.54) is 17.0 Å². The van der Waals surface area contributed by atoms with E-state index in [2.05, 4.69) is 5.32 Å². The van der Waals surface area contributed by atoms with Gasteiger partial charge in [-0.2, -0.15) is 0 Å². The van der Waals surface area contributed by atoms with Crippen LogP contribution in [-0.2, 0) is 26.2 Å². The fourth-order valence-electron chi connectivity index (χ4n) is 4.39. The fraction of sp³-hybridized carbons (Fsp3) is 0.333. The Balaban J connectivity index is 1.73. The highest BCUT2D eigenvalue weighted by Crippen LogP contribution is 2.36. The summed E-state index contributed by atoms with van der Waals surface area (Å²) in [6.45, 7) is 6.35. The van der Waals surface area contributed by atoms with Crippen molar-refractivity contribution < 1.29 is 27.5 Å². The fourth-order valence-corrected chi connectivity index (χ4v) is 5.81. The monoisotopic (exact) mass is 565 g/mol. The minimum absolute atomic E-state index is 0.0388. The molecule has 9 nitrogen and oxygen atoms in total. The number of hydrogen-bond acceptors (Lipinski definition) is 6. The van der Waals surface area contributed by atoms with Gasteiger partial charge in [0.2, 0.25) is 11.8 Å². The highest BCUT2D eigenvalue weighted by atomic mass is 32.2. The molecule has 10 heteroatoms. The number of hydrogen-bond donors (Lipinski definition) is 1. The van der Waals surface area contributed by atoms with Crippen LogP contribution in [0.15, 0.2) is 77.7 Å². The van der Waals surface area contributed by atoms with Gasteiger partial charge in [0.25, 0.3) is 10.0 Å². The predicted molar refractivity (Wildman–Crippen MR) is 153 cm³/mol. The van der Waals surface area contributed by atoms with Crippen LogP contribution >= 0.6 is 0 Å². The van der Waals surface area contributed by atoms with E-state index in [0.717, 1.165) is 21.9 Å². The molecule has 1 atom stereocenters. The van der Waals surface area contributed by atoms with Crippen LogP contribution in [0.1, 0.15) is 31.4 Å². The molecule has 2 amide bonds. The lowest BCUT2D eigenvalue weighted by atomic mass is 10.1. The summed E-state index contributed by atoms with van der Waals surface area (Å²) in [7, 11) is -4.16. The molecular weight excluding hydrogens is 530 g/mol. The van der Waals surface area contributed by atoms with E-state index < -0.39 is 28.5 Å². The number of carbonyl (C=O) groups is 2. The first kappa shape index (κ1) is 28.9. The summed E-state index contributed by atoms with van der Waals surface area (Å²) in [4.78, 5) is 28.5. The molecule has 1 heterocycles. The van der Waals surface area contributed by atoms with E-state index in [4.69, 9.17) is 9.47 Å². The van der Waals surface area contributed by atoms with E-state index >= 15 is 0 Å². The Morgan fingerprint density at radius 3 is 2.33 bits per heavy atom. The van der Waals surface area contributed by atoms with Gasteiger partial charge in [-0.3, -0.25) is 13.9 Å². The molecule has 3 aromatic carbocycles. The second-order valence-corrected chi connectivity index (χ2v) is 11.4. The van der Waals surface area contributed by atoms with Gasteiger partial charge in [-0.15, -0.1) is 0 Å². The Hall–Kier alpha value is -4.05. The smallest absolute Gasteiger partial charge is 0.264 e. The summed E-state index contributed by atoms with van der Waals surface area (Å²) in [6.07, 6.45) is 0.747. The molecule has 0 radical (unpaired) electrons. The maximum Gasteiger partial charge on any atom is 0.264 e. The zero-order valence-corrected chi connectivity index (χ0v) is 23.8. The molecule has 1 aliphatic heterocycles. The van der Waals surface area contributed by atoms with Crippen molar-refractivity contribution in [1.29, 1.82) is 0 Å². The second kappa shape index (κ2) is 12.9. The summed E-state index contributed by atoms with van der Waals surface area (Å²) in [5.41, 5.74) is 2.07. The second-order valence-electron chi connectivity index (χ2n) is 9.57. The van der Waals surface area contributed by atoms with Gasteiger partial charge in [0.1, 0.15) is 25.8 Å². The summed E-state index contributed by atoms with van der Waals surface area (Å²) < 4.78 is 40.2. The van der Waals surface area contributed by atoms with Gasteiger partial charge in [-0.05, 0) is 55.7 Å². The molecule has 0 aliphatic carbocycles. The van der Waals surface area contributed by atoms with Gasteiger partial charge >= 0.3 is 0 Å². The number of nitrogens with one attached hydrogen (secondary N) is 1. The molecule has 1 N–H and O–H groups in total. The molecule has 0 unspecified atom stereocenters. The maximum atomic E-state index is 14.0. The van der Waals surface area contributed by atoms with Crippen molar-refractivity contribution in [3.05, 3.63) is 83.9 Å². The molecule has 0 saturated heterocycles. The molecule has 4 rings (SSSR count). The van der Waals surface area contributed by atoms with E-state index in [0.29, 0.717) is 31.3 Å². The van der Waals surface area contributed by atoms with Gasteiger partial charge < -0.3 is 19.7 Å². The number of ether oxygens (including phenoxy) is 2. The zero-order chi connectivity index (χ0) is 28.7. The lowest BCUT2D eigenvalue weighted by molar-refractivity contribution is -0.139. The van der Waals surface area contributed by atoms with Crippen LogP contribution in [0.5, 0.6) is 11.5 Å². The number of nitrogens with zero attached hydrogens (tertiary/aromatic N) is 2. The quantitative estimate of drug-likeness (QED) is 0.378. The number of sulfonamides is 1. The van der Waals surface area contributed by atoms with Gasteiger partial charge in [-0.1, -0.05) is 49.4 Å². The standard InChI is InChI=1S/C30H35N3O6S/c1-4-16-31-30(35)23(3)32(20-24-11-9-8-10-22(24)2)29(34)21-33(40(36,37)26-12-6-5-7-13-26)25-14-15-27-28(19-25)39-18-17-38-27/h5-15,19,23H,4,16-18,20-21H2,1-3H3,(H,31,35)/t23-/m1/s1. The van der Waals surface area contributed by atoms with Crippen molar-refractivity contribution in [2.45, 2.75) is 44.7 Å². The van der Waals surface area contributed by atoms with E-state index in [1.807, 2.05) is 38.1 Å². The summed E-state index contributed by atoms with van der Waals surface area (Å²) in [5.74, 6) is 0.0756.